The van der Waals surface area contributed by atoms with E-state index in [0.29, 0.717) is 5.54 Å². The van der Waals surface area contributed by atoms with E-state index in [9.17, 15) is 0 Å². The van der Waals surface area contributed by atoms with E-state index < -0.39 is 0 Å². The van der Waals surface area contributed by atoms with Gasteiger partial charge in [0.25, 0.3) is 0 Å². The van der Waals surface area contributed by atoms with Crippen LogP contribution in [0.15, 0.2) is 0 Å². The third-order valence-corrected chi connectivity index (χ3v) is 3.51. The van der Waals surface area contributed by atoms with Crippen molar-refractivity contribution in [2.75, 3.05) is 13.1 Å². The van der Waals surface area contributed by atoms with Gasteiger partial charge in [0.05, 0.1) is 0 Å². The highest BCUT2D eigenvalue weighted by Crippen LogP contribution is 2.39. The van der Waals surface area contributed by atoms with Gasteiger partial charge in [0.1, 0.15) is 0 Å². The average Bonchev–Trinajstić information content (AvgIpc) is 1.87. The number of hydrogen-bond donors (Lipinski definition) is 0. The van der Waals surface area contributed by atoms with Crippen molar-refractivity contribution >= 4 is 0 Å². The van der Waals surface area contributed by atoms with E-state index in [0.717, 1.165) is 5.92 Å². The Morgan fingerprint density at radius 3 is 2.09 bits per heavy atom. The molecule has 0 aromatic heterocycles. The van der Waals surface area contributed by atoms with Crippen LogP contribution < -0.4 is 0 Å². The Morgan fingerprint density at radius 2 is 2.00 bits per heavy atom. The normalized spacial score (nSPS) is 32.5. The second kappa shape index (κ2) is 3.14. The third-order valence-electron chi connectivity index (χ3n) is 3.51. The highest BCUT2D eigenvalue weighted by atomic mass is 15.3. The molecule has 0 saturated carbocycles. The van der Waals surface area contributed by atoms with Gasteiger partial charge in [-0.05, 0) is 25.3 Å². The smallest absolute Gasteiger partial charge is 0.0241 e. The molecule has 66 valence electrons. The minimum atomic E-state index is 0.564. The van der Waals surface area contributed by atoms with Crippen molar-refractivity contribution in [3.05, 3.63) is 0 Å². The molecular weight excluding hydrogens is 134 g/mol. The van der Waals surface area contributed by atoms with Gasteiger partial charge in [-0.15, -0.1) is 0 Å². The van der Waals surface area contributed by atoms with Crippen LogP contribution in [-0.4, -0.2) is 23.5 Å². The van der Waals surface area contributed by atoms with Gasteiger partial charge in [0.15, 0.2) is 0 Å². The summed E-state index contributed by atoms with van der Waals surface area (Å²) < 4.78 is 0. The lowest BCUT2D eigenvalue weighted by atomic mass is 9.73. The number of hydrogen-bond acceptors (Lipinski definition) is 1. The molecule has 1 saturated heterocycles. The first-order chi connectivity index (χ1) is 5.17. The Balaban J connectivity index is 2.61. The fourth-order valence-electron chi connectivity index (χ4n) is 2.49. The zero-order valence-electron chi connectivity index (χ0n) is 8.35. The van der Waals surface area contributed by atoms with E-state index in [4.69, 9.17) is 0 Å². The van der Waals surface area contributed by atoms with Gasteiger partial charge in [0.2, 0.25) is 0 Å². The molecule has 1 aliphatic heterocycles. The van der Waals surface area contributed by atoms with Gasteiger partial charge in [-0.2, -0.15) is 0 Å². The molecular formula is C10H21N. The monoisotopic (exact) mass is 155 g/mol. The van der Waals surface area contributed by atoms with Crippen LogP contribution in [0.1, 0.15) is 40.5 Å². The van der Waals surface area contributed by atoms with Crippen molar-refractivity contribution in [3.63, 3.8) is 0 Å². The first-order valence-corrected chi connectivity index (χ1v) is 4.92. The maximum atomic E-state index is 2.62. The van der Waals surface area contributed by atoms with Crippen LogP contribution >= 0.6 is 0 Å². The lowest BCUT2D eigenvalue weighted by molar-refractivity contribution is -0.0487. The second-order valence-corrected chi connectivity index (χ2v) is 3.94. The van der Waals surface area contributed by atoms with Crippen molar-refractivity contribution in [1.82, 2.24) is 4.90 Å². The third kappa shape index (κ3) is 1.20. The van der Waals surface area contributed by atoms with E-state index in [2.05, 4.69) is 32.6 Å². The van der Waals surface area contributed by atoms with Crippen molar-refractivity contribution in [3.8, 4) is 0 Å². The van der Waals surface area contributed by atoms with Crippen LogP contribution in [0.5, 0.6) is 0 Å². The standard InChI is InChI=1S/C10H21N/c1-5-10(9(3)4)7-8-11(10)6-2/h9H,5-8H2,1-4H3. The molecule has 1 rings (SSSR count). The summed E-state index contributed by atoms with van der Waals surface area (Å²) in [4.78, 5) is 2.62. The van der Waals surface area contributed by atoms with E-state index in [1.54, 1.807) is 0 Å². The maximum Gasteiger partial charge on any atom is 0.0241 e. The maximum absolute atomic E-state index is 2.62. The minimum Gasteiger partial charge on any atom is -0.298 e. The van der Waals surface area contributed by atoms with Gasteiger partial charge in [-0.3, -0.25) is 4.90 Å². The number of nitrogens with zero attached hydrogens (tertiary/aromatic N) is 1. The lowest BCUT2D eigenvalue weighted by Crippen LogP contribution is -2.62. The van der Waals surface area contributed by atoms with Crippen LogP contribution in [0.3, 0.4) is 0 Å². The Bertz CT molecular complexity index is 125. The fraction of sp³-hybridized carbons (Fsp3) is 1.00. The number of likely N-dealkylation sites (tertiary alicyclic amines) is 1. The molecule has 0 N–H and O–H groups in total. The molecule has 1 aliphatic rings. The Labute approximate surface area is 70.8 Å². The minimum absolute atomic E-state index is 0.564. The SMILES string of the molecule is CCN1CCC1(CC)C(C)C. The summed E-state index contributed by atoms with van der Waals surface area (Å²) in [6, 6.07) is 0. The predicted molar refractivity (Wildman–Crippen MR) is 49.7 cm³/mol. The summed E-state index contributed by atoms with van der Waals surface area (Å²) in [5, 5.41) is 0. The van der Waals surface area contributed by atoms with Gasteiger partial charge in [0, 0.05) is 12.1 Å². The molecule has 1 atom stereocenters. The Morgan fingerprint density at radius 1 is 1.36 bits per heavy atom. The molecule has 0 aromatic carbocycles. The van der Waals surface area contributed by atoms with E-state index in [-0.39, 0.29) is 0 Å². The number of rotatable bonds is 3. The van der Waals surface area contributed by atoms with Crippen LogP contribution in [0, 0.1) is 5.92 Å². The Hall–Kier alpha value is -0.0400. The van der Waals surface area contributed by atoms with E-state index >= 15 is 0 Å². The molecule has 1 heteroatoms. The molecule has 0 aromatic rings. The molecule has 0 amide bonds. The van der Waals surface area contributed by atoms with Crippen molar-refractivity contribution in [2.24, 2.45) is 5.92 Å². The summed E-state index contributed by atoms with van der Waals surface area (Å²) in [6.45, 7) is 11.8. The van der Waals surface area contributed by atoms with Crippen LogP contribution in [-0.2, 0) is 0 Å². The van der Waals surface area contributed by atoms with Crippen LogP contribution in [0.2, 0.25) is 0 Å². The zero-order chi connectivity index (χ0) is 8.48. The molecule has 1 heterocycles. The topological polar surface area (TPSA) is 3.24 Å². The first kappa shape index (κ1) is 9.05. The quantitative estimate of drug-likeness (QED) is 0.605. The summed E-state index contributed by atoms with van der Waals surface area (Å²) in [7, 11) is 0. The molecule has 0 bridgehead atoms. The van der Waals surface area contributed by atoms with Crippen LogP contribution in [0.25, 0.3) is 0 Å². The summed E-state index contributed by atoms with van der Waals surface area (Å²) in [5.41, 5.74) is 0.564. The first-order valence-electron chi connectivity index (χ1n) is 4.92. The van der Waals surface area contributed by atoms with Crippen LogP contribution in [0.4, 0.5) is 0 Å². The second-order valence-electron chi connectivity index (χ2n) is 3.94. The van der Waals surface area contributed by atoms with E-state index in [1.165, 1.54) is 25.9 Å². The highest BCUT2D eigenvalue weighted by molar-refractivity contribution is 5.00. The molecule has 11 heavy (non-hydrogen) atoms. The van der Waals surface area contributed by atoms with Crippen molar-refractivity contribution < 1.29 is 0 Å². The largest absolute Gasteiger partial charge is 0.298 e. The summed E-state index contributed by atoms with van der Waals surface area (Å²) >= 11 is 0. The summed E-state index contributed by atoms with van der Waals surface area (Å²) in [6.07, 6.45) is 2.73. The fourth-order valence-corrected chi connectivity index (χ4v) is 2.49. The molecule has 0 spiro atoms. The molecule has 0 radical (unpaired) electrons. The lowest BCUT2D eigenvalue weighted by Gasteiger charge is -2.55. The van der Waals surface area contributed by atoms with E-state index in [1.807, 2.05) is 0 Å². The molecule has 1 unspecified atom stereocenters. The molecule has 1 nitrogen and oxygen atoms in total. The average molecular weight is 155 g/mol. The van der Waals surface area contributed by atoms with Crippen molar-refractivity contribution in [1.29, 1.82) is 0 Å². The Kier molecular flexibility index (Phi) is 2.58. The molecule has 1 fully saturated rings. The zero-order valence-corrected chi connectivity index (χ0v) is 8.35. The highest BCUT2D eigenvalue weighted by Gasteiger charge is 2.44. The summed E-state index contributed by atoms with van der Waals surface area (Å²) in [5.74, 6) is 0.821. The van der Waals surface area contributed by atoms with Crippen molar-refractivity contribution in [2.45, 2.75) is 46.1 Å². The van der Waals surface area contributed by atoms with Gasteiger partial charge in [-0.25, -0.2) is 0 Å². The molecule has 0 aliphatic carbocycles. The van der Waals surface area contributed by atoms with Gasteiger partial charge < -0.3 is 0 Å². The van der Waals surface area contributed by atoms with Gasteiger partial charge in [-0.1, -0.05) is 27.7 Å². The predicted octanol–water partition coefficient (Wildman–Crippen LogP) is 2.52. The van der Waals surface area contributed by atoms with Gasteiger partial charge >= 0.3 is 0 Å².